The van der Waals surface area contributed by atoms with Crippen LogP contribution in [0.5, 0.6) is 5.75 Å². The average molecular weight is 302 g/mol. The molecular weight excluding hydrogens is 288 g/mol. The van der Waals surface area contributed by atoms with E-state index in [9.17, 15) is 9.90 Å². The Morgan fingerprint density at radius 3 is 2.76 bits per heavy atom. The van der Waals surface area contributed by atoms with E-state index >= 15 is 0 Å². The van der Waals surface area contributed by atoms with Gasteiger partial charge in [0.05, 0.1) is 5.69 Å². The number of para-hydroxylation sites is 1. The van der Waals surface area contributed by atoms with Gasteiger partial charge in [0.2, 0.25) is 0 Å². The largest absolute Gasteiger partial charge is 0.487 e. The Morgan fingerprint density at radius 1 is 1.38 bits per heavy atom. The van der Waals surface area contributed by atoms with Crippen LogP contribution in [-0.2, 0) is 6.61 Å². The van der Waals surface area contributed by atoms with Gasteiger partial charge in [-0.1, -0.05) is 29.5 Å². The summed E-state index contributed by atoms with van der Waals surface area (Å²) >= 11 is 1.15. The average Bonchev–Trinajstić information content (AvgIpc) is 2.99. The number of carboxylic acids is 1. The summed E-state index contributed by atoms with van der Waals surface area (Å²) in [7, 11) is 0. The Kier molecular flexibility index (Phi) is 3.39. The molecule has 0 unspecified atom stereocenters. The Balaban J connectivity index is 1.96. The fourth-order valence-electron chi connectivity index (χ4n) is 2.30. The molecule has 0 bridgehead atoms. The minimum Gasteiger partial charge on any atom is -0.487 e. The number of imidazole rings is 1. The number of nitrogens with zero attached hydrogens (tertiary/aromatic N) is 2. The second-order valence-electron chi connectivity index (χ2n) is 4.77. The zero-order chi connectivity index (χ0) is 15.0. The van der Waals surface area contributed by atoms with E-state index in [1.807, 2.05) is 32.0 Å². The summed E-state index contributed by atoms with van der Waals surface area (Å²) in [4.78, 5) is 16.4. The molecule has 0 saturated heterocycles. The minimum absolute atomic E-state index is 0.198. The van der Waals surface area contributed by atoms with Crippen LogP contribution in [0.2, 0.25) is 0 Å². The van der Waals surface area contributed by atoms with Gasteiger partial charge in [-0.3, -0.25) is 4.40 Å². The lowest BCUT2D eigenvalue weighted by Crippen LogP contribution is -2.06. The van der Waals surface area contributed by atoms with Gasteiger partial charge in [-0.05, 0) is 25.0 Å². The summed E-state index contributed by atoms with van der Waals surface area (Å²) in [5.74, 6) is -0.154. The highest BCUT2D eigenvalue weighted by atomic mass is 32.1. The van der Waals surface area contributed by atoms with E-state index in [1.165, 1.54) is 0 Å². The topological polar surface area (TPSA) is 63.8 Å². The Labute approximate surface area is 125 Å². The molecule has 6 heteroatoms. The van der Waals surface area contributed by atoms with Crippen LogP contribution in [0, 0.1) is 13.8 Å². The molecule has 1 aromatic carbocycles. The molecule has 0 saturated carbocycles. The van der Waals surface area contributed by atoms with E-state index in [0.29, 0.717) is 10.7 Å². The van der Waals surface area contributed by atoms with Gasteiger partial charge in [0.15, 0.2) is 4.96 Å². The van der Waals surface area contributed by atoms with Crippen molar-refractivity contribution in [3.05, 3.63) is 52.3 Å². The van der Waals surface area contributed by atoms with Crippen molar-refractivity contribution < 1.29 is 14.6 Å². The van der Waals surface area contributed by atoms with Crippen LogP contribution in [0.1, 0.15) is 26.5 Å². The number of carboxylic acid groups (broad SMARTS) is 1. The third-order valence-corrected chi connectivity index (χ3v) is 4.41. The number of carbonyl (C=O) groups is 1. The van der Waals surface area contributed by atoms with E-state index in [1.54, 1.807) is 16.8 Å². The van der Waals surface area contributed by atoms with E-state index < -0.39 is 5.97 Å². The maximum atomic E-state index is 11.3. The monoisotopic (exact) mass is 302 g/mol. The van der Waals surface area contributed by atoms with Crippen molar-refractivity contribution in [3.8, 4) is 5.75 Å². The molecule has 0 aliphatic rings. The Morgan fingerprint density at radius 2 is 2.10 bits per heavy atom. The Bertz CT molecular complexity index is 799. The van der Waals surface area contributed by atoms with Gasteiger partial charge in [-0.15, -0.1) is 0 Å². The third-order valence-electron chi connectivity index (χ3n) is 3.31. The molecule has 5 nitrogen and oxygen atoms in total. The number of thiazole rings is 1. The quantitative estimate of drug-likeness (QED) is 0.803. The number of aryl methyl sites for hydroxylation is 2. The zero-order valence-electron chi connectivity index (χ0n) is 11.7. The number of aromatic carboxylic acids is 1. The molecular formula is C15H14N2O3S. The molecule has 2 heterocycles. The maximum absolute atomic E-state index is 11.3. The molecule has 0 radical (unpaired) electrons. The van der Waals surface area contributed by atoms with Crippen molar-refractivity contribution in [2.45, 2.75) is 20.5 Å². The summed E-state index contributed by atoms with van der Waals surface area (Å²) in [5.41, 5.74) is 2.68. The van der Waals surface area contributed by atoms with Crippen LogP contribution in [0.25, 0.3) is 4.96 Å². The molecule has 1 N–H and O–H groups in total. The lowest BCUT2D eigenvalue weighted by molar-refractivity contribution is 0.0699. The molecule has 0 atom stereocenters. The molecule has 3 aromatic rings. The summed E-state index contributed by atoms with van der Waals surface area (Å²) in [6.45, 7) is 4.14. The van der Waals surface area contributed by atoms with Crippen LogP contribution < -0.4 is 4.74 Å². The van der Waals surface area contributed by atoms with E-state index in [-0.39, 0.29) is 11.5 Å². The molecule has 0 spiro atoms. The maximum Gasteiger partial charge on any atom is 0.347 e. The highest BCUT2D eigenvalue weighted by Gasteiger charge is 2.19. The van der Waals surface area contributed by atoms with Crippen LogP contribution in [-0.4, -0.2) is 20.5 Å². The van der Waals surface area contributed by atoms with Crippen molar-refractivity contribution in [1.82, 2.24) is 9.38 Å². The molecule has 0 aliphatic heterocycles. The van der Waals surface area contributed by atoms with Crippen LogP contribution in [0.4, 0.5) is 0 Å². The lowest BCUT2D eigenvalue weighted by atomic mass is 10.1. The predicted molar refractivity (Wildman–Crippen MR) is 80.3 cm³/mol. The normalized spacial score (nSPS) is 11.0. The van der Waals surface area contributed by atoms with Crippen LogP contribution in [0.15, 0.2) is 30.6 Å². The van der Waals surface area contributed by atoms with Gasteiger partial charge in [-0.25, -0.2) is 9.78 Å². The standard InChI is InChI=1S/C15H14N2O3S/c1-9-4-3-5-10(2)12(9)20-8-11-13(14(18)19)21-15-16-6-7-17(11)15/h3-7H,8H2,1-2H3,(H,18,19). The molecule has 21 heavy (non-hydrogen) atoms. The van der Waals surface area contributed by atoms with Gasteiger partial charge in [-0.2, -0.15) is 0 Å². The molecule has 0 aliphatic carbocycles. The first-order valence-electron chi connectivity index (χ1n) is 6.45. The third kappa shape index (κ3) is 2.38. The fraction of sp³-hybridized carbons (Fsp3) is 0.200. The summed E-state index contributed by atoms with van der Waals surface area (Å²) in [5, 5.41) is 9.31. The van der Waals surface area contributed by atoms with Gasteiger partial charge < -0.3 is 9.84 Å². The minimum atomic E-state index is -0.953. The summed E-state index contributed by atoms with van der Waals surface area (Å²) < 4.78 is 7.64. The zero-order valence-corrected chi connectivity index (χ0v) is 12.5. The highest BCUT2D eigenvalue weighted by Crippen LogP contribution is 2.27. The smallest absolute Gasteiger partial charge is 0.347 e. The van der Waals surface area contributed by atoms with Crippen molar-refractivity contribution in [1.29, 1.82) is 0 Å². The fourth-order valence-corrected chi connectivity index (χ4v) is 3.23. The second-order valence-corrected chi connectivity index (χ2v) is 5.75. The van der Waals surface area contributed by atoms with E-state index in [2.05, 4.69) is 4.98 Å². The Hall–Kier alpha value is -2.34. The molecule has 2 aromatic heterocycles. The van der Waals surface area contributed by atoms with E-state index in [4.69, 9.17) is 4.74 Å². The molecule has 0 amide bonds. The van der Waals surface area contributed by atoms with Crippen molar-refractivity contribution in [2.24, 2.45) is 0 Å². The van der Waals surface area contributed by atoms with Gasteiger partial charge in [0, 0.05) is 12.4 Å². The summed E-state index contributed by atoms with van der Waals surface area (Å²) in [6.07, 6.45) is 3.40. The number of ether oxygens (including phenoxy) is 1. The summed E-state index contributed by atoms with van der Waals surface area (Å²) in [6, 6.07) is 5.92. The van der Waals surface area contributed by atoms with Crippen molar-refractivity contribution in [2.75, 3.05) is 0 Å². The molecule has 0 fully saturated rings. The molecule has 3 rings (SSSR count). The number of aromatic nitrogens is 2. The van der Waals surface area contributed by atoms with Gasteiger partial charge in [0.1, 0.15) is 17.2 Å². The number of benzene rings is 1. The first kappa shape index (κ1) is 13.6. The lowest BCUT2D eigenvalue weighted by Gasteiger charge is -2.12. The number of hydrogen-bond acceptors (Lipinski definition) is 4. The number of fused-ring (bicyclic) bond motifs is 1. The first-order chi connectivity index (χ1) is 10.1. The number of hydrogen-bond donors (Lipinski definition) is 1. The predicted octanol–water partition coefficient (Wildman–Crippen LogP) is 3.29. The first-order valence-corrected chi connectivity index (χ1v) is 7.26. The van der Waals surface area contributed by atoms with Gasteiger partial charge in [0.25, 0.3) is 0 Å². The van der Waals surface area contributed by atoms with Crippen molar-refractivity contribution >= 4 is 22.3 Å². The number of rotatable bonds is 4. The van der Waals surface area contributed by atoms with Crippen molar-refractivity contribution in [3.63, 3.8) is 0 Å². The van der Waals surface area contributed by atoms with Crippen LogP contribution in [0.3, 0.4) is 0 Å². The van der Waals surface area contributed by atoms with E-state index in [0.717, 1.165) is 28.2 Å². The molecule has 108 valence electrons. The van der Waals surface area contributed by atoms with Crippen LogP contribution >= 0.6 is 11.3 Å². The highest BCUT2D eigenvalue weighted by molar-refractivity contribution is 7.18. The second kappa shape index (κ2) is 5.21. The van der Waals surface area contributed by atoms with Gasteiger partial charge >= 0.3 is 5.97 Å². The SMILES string of the molecule is Cc1cccc(C)c1OCc1c(C(=O)O)sc2nccn12.